The largest absolute Gasteiger partial charge is 0.463 e. The van der Waals surface area contributed by atoms with E-state index >= 15 is 0 Å². The second-order valence-corrected chi connectivity index (χ2v) is 11.4. The summed E-state index contributed by atoms with van der Waals surface area (Å²) >= 11 is 5.96. The maximum absolute atomic E-state index is 14.8. The minimum absolute atomic E-state index is 0.0331. The number of fused-ring (bicyclic) bond motifs is 1. The molecule has 2 saturated heterocycles. The monoisotopic (exact) mass is 610 g/mol. The summed E-state index contributed by atoms with van der Waals surface area (Å²) in [6.07, 6.45) is -1.55. The standard InChI is InChI=1S/C27H31ClF4N8O2/c28-18-11-19(33)36-23(20(18)27(30,31)32)22-16(12-29)21-17(13-35-22)24(40-5-3-34-4-6-40)38-25(37-21)42-15-26(1-2-26)14-39-7-9-41-10-8-39/h11,13,34H,1-10,12,14-15H2,(H2,33,36). The number of morpholine rings is 1. The van der Waals surface area contributed by atoms with Crippen LogP contribution in [0.5, 0.6) is 6.01 Å². The van der Waals surface area contributed by atoms with Gasteiger partial charge in [-0.3, -0.25) is 9.88 Å². The third-order valence-corrected chi connectivity index (χ3v) is 8.27. The zero-order valence-electron chi connectivity index (χ0n) is 22.8. The van der Waals surface area contributed by atoms with E-state index in [-0.39, 0.29) is 34.0 Å². The Morgan fingerprint density at radius 2 is 1.81 bits per heavy atom. The molecule has 1 aliphatic carbocycles. The molecule has 3 N–H and O–H groups in total. The number of aromatic nitrogens is 4. The van der Waals surface area contributed by atoms with Crippen LogP contribution in [-0.2, 0) is 17.6 Å². The second-order valence-electron chi connectivity index (χ2n) is 11.0. The van der Waals surface area contributed by atoms with Crippen molar-refractivity contribution in [1.82, 2.24) is 30.2 Å². The summed E-state index contributed by atoms with van der Waals surface area (Å²) < 4.78 is 68.7. The zero-order chi connectivity index (χ0) is 29.5. The number of alkyl halides is 4. The Balaban J connectivity index is 1.43. The molecular formula is C27H31ClF4N8O2. The van der Waals surface area contributed by atoms with Gasteiger partial charge in [-0.1, -0.05) is 11.6 Å². The fourth-order valence-corrected chi connectivity index (χ4v) is 5.88. The van der Waals surface area contributed by atoms with Crippen molar-refractivity contribution < 1.29 is 27.0 Å². The first-order valence-electron chi connectivity index (χ1n) is 13.9. The number of nitrogens with one attached hydrogen (secondary N) is 1. The number of ether oxygens (including phenoxy) is 2. The van der Waals surface area contributed by atoms with Gasteiger partial charge in [0.25, 0.3) is 0 Å². The Labute approximate surface area is 244 Å². The van der Waals surface area contributed by atoms with E-state index in [1.165, 1.54) is 6.20 Å². The Morgan fingerprint density at radius 1 is 1.07 bits per heavy atom. The lowest BCUT2D eigenvalue weighted by Crippen LogP contribution is -2.44. The first kappa shape index (κ1) is 29.0. The van der Waals surface area contributed by atoms with E-state index in [4.69, 9.17) is 31.8 Å². The van der Waals surface area contributed by atoms with Gasteiger partial charge in [-0.25, -0.2) is 9.37 Å². The lowest BCUT2D eigenvalue weighted by atomic mass is 10.0. The molecule has 0 spiro atoms. The molecule has 6 rings (SSSR count). The van der Waals surface area contributed by atoms with Gasteiger partial charge in [0.2, 0.25) is 0 Å². The molecule has 5 heterocycles. The number of hydrogen-bond acceptors (Lipinski definition) is 10. The second kappa shape index (κ2) is 11.5. The van der Waals surface area contributed by atoms with Gasteiger partial charge in [-0.05, 0) is 18.9 Å². The number of anilines is 2. The number of nitrogens with zero attached hydrogens (tertiary/aromatic N) is 6. The van der Waals surface area contributed by atoms with Crippen molar-refractivity contribution >= 4 is 34.1 Å². The summed E-state index contributed by atoms with van der Waals surface area (Å²) in [5.74, 6) is 0.232. The number of piperazine rings is 1. The molecule has 226 valence electrons. The van der Waals surface area contributed by atoms with Crippen LogP contribution in [0.15, 0.2) is 12.3 Å². The summed E-state index contributed by atoms with van der Waals surface area (Å²) in [5.41, 5.74) is 3.41. The summed E-state index contributed by atoms with van der Waals surface area (Å²) in [5, 5.41) is 3.03. The Morgan fingerprint density at radius 3 is 2.48 bits per heavy atom. The maximum Gasteiger partial charge on any atom is 0.420 e. The van der Waals surface area contributed by atoms with Gasteiger partial charge < -0.3 is 25.4 Å². The molecule has 0 atom stereocenters. The van der Waals surface area contributed by atoms with Crippen LogP contribution in [0.2, 0.25) is 5.02 Å². The molecule has 15 heteroatoms. The van der Waals surface area contributed by atoms with E-state index < -0.39 is 29.1 Å². The van der Waals surface area contributed by atoms with Gasteiger partial charge in [-0.2, -0.15) is 23.1 Å². The number of rotatable bonds is 8. The Kier molecular flexibility index (Phi) is 7.98. The zero-order valence-corrected chi connectivity index (χ0v) is 23.6. The highest BCUT2D eigenvalue weighted by Crippen LogP contribution is 2.47. The average molecular weight is 611 g/mol. The van der Waals surface area contributed by atoms with Gasteiger partial charge in [-0.15, -0.1) is 0 Å². The van der Waals surface area contributed by atoms with Crippen molar-refractivity contribution in [2.24, 2.45) is 5.41 Å². The normalized spacial score (nSPS) is 19.3. The van der Waals surface area contributed by atoms with Crippen LogP contribution in [0.1, 0.15) is 24.0 Å². The number of nitrogen functional groups attached to an aromatic ring is 1. The fraction of sp³-hybridized carbons (Fsp3) is 0.556. The molecule has 1 saturated carbocycles. The molecule has 0 radical (unpaired) electrons. The van der Waals surface area contributed by atoms with Gasteiger partial charge in [0.05, 0.1) is 41.4 Å². The fourth-order valence-electron chi connectivity index (χ4n) is 5.57. The predicted octanol–water partition coefficient (Wildman–Crippen LogP) is 3.71. The lowest BCUT2D eigenvalue weighted by Gasteiger charge is -2.31. The molecule has 0 bridgehead atoms. The predicted molar refractivity (Wildman–Crippen MR) is 149 cm³/mol. The minimum atomic E-state index is -4.89. The molecule has 10 nitrogen and oxygen atoms in total. The van der Waals surface area contributed by atoms with Crippen LogP contribution in [0.3, 0.4) is 0 Å². The number of pyridine rings is 2. The molecule has 0 amide bonds. The molecular weight excluding hydrogens is 580 g/mol. The average Bonchev–Trinajstić information content (AvgIpc) is 3.74. The molecule has 3 aromatic heterocycles. The first-order valence-corrected chi connectivity index (χ1v) is 14.2. The van der Waals surface area contributed by atoms with Crippen LogP contribution < -0.4 is 20.7 Å². The van der Waals surface area contributed by atoms with Gasteiger partial charge >= 0.3 is 12.2 Å². The highest BCUT2D eigenvalue weighted by molar-refractivity contribution is 6.32. The molecule has 42 heavy (non-hydrogen) atoms. The summed E-state index contributed by atoms with van der Waals surface area (Å²) in [7, 11) is 0. The third kappa shape index (κ3) is 5.90. The van der Waals surface area contributed by atoms with Crippen LogP contribution in [0.25, 0.3) is 22.3 Å². The topological polar surface area (TPSA) is 115 Å². The van der Waals surface area contributed by atoms with Gasteiger partial charge in [0.1, 0.15) is 29.6 Å². The summed E-state index contributed by atoms with van der Waals surface area (Å²) in [4.78, 5) is 21.7. The van der Waals surface area contributed by atoms with E-state index in [1.807, 2.05) is 4.90 Å². The summed E-state index contributed by atoms with van der Waals surface area (Å²) in [6, 6.07) is 0.941. The van der Waals surface area contributed by atoms with Crippen LogP contribution in [-0.4, -0.2) is 90.5 Å². The highest BCUT2D eigenvalue weighted by atomic mass is 35.5. The van der Waals surface area contributed by atoms with Crippen molar-refractivity contribution in [3.05, 3.63) is 28.4 Å². The maximum atomic E-state index is 14.8. The minimum Gasteiger partial charge on any atom is -0.463 e. The van der Waals surface area contributed by atoms with Crippen LogP contribution in [0.4, 0.5) is 29.2 Å². The molecule has 2 aliphatic heterocycles. The highest BCUT2D eigenvalue weighted by Gasteiger charge is 2.45. The van der Waals surface area contributed by atoms with Crippen molar-refractivity contribution in [1.29, 1.82) is 0 Å². The van der Waals surface area contributed by atoms with Gasteiger partial charge in [0, 0.05) is 63.0 Å². The van der Waals surface area contributed by atoms with Crippen molar-refractivity contribution in [3.63, 3.8) is 0 Å². The Bertz CT molecular complexity index is 1460. The summed E-state index contributed by atoms with van der Waals surface area (Å²) in [6.45, 7) is 5.81. The number of hydrogen-bond donors (Lipinski definition) is 2. The molecule has 0 aromatic carbocycles. The van der Waals surface area contributed by atoms with E-state index in [9.17, 15) is 17.6 Å². The first-order chi connectivity index (χ1) is 20.2. The van der Waals surface area contributed by atoms with Crippen LogP contribution in [0, 0.1) is 5.41 Å². The van der Waals surface area contributed by atoms with Crippen molar-refractivity contribution in [3.8, 4) is 17.4 Å². The smallest absolute Gasteiger partial charge is 0.420 e. The number of nitrogens with two attached hydrogens (primary N) is 1. The van der Waals surface area contributed by atoms with E-state index in [1.54, 1.807) is 0 Å². The van der Waals surface area contributed by atoms with E-state index in [0.717, 1.165) is 38.5 Å². The van der Waals surface area contributed by atoms with E-state index in [0.29, 0.717) is 57.2 Å². The molecule has 3 fully saturated rings. The number of halogens is 5. The van der Waals surface area contributed by atoms with E-state index in [2.05, 4.69) is 25.2 Å². The van der Waals surface area contributed by atoms with Crippen molar-refractivity contribution in [2.75, 3.05) is 76.3 Å². The van der Waals surface area contributed by atoms with Crippen LogP contribution >= 0.6 is 11.6 Å². The molecule has 3 aliphatic rings. The van der Waals surface area contributed by atoms with Gasteiger partial charge in [0.15, 0.2) is 0 Å². The Hall–Kier alpha value is -3.07. The quantitative estimate of drug-likeness (QED) is 0.366. The third-order valence-electron chi connectivity index (χ3n) is 7.98. The van der Waals surface area contributed by atoms with Crippen molar-refractivity contribution in [2.45, 2.75) is 25.7 Å². The molecule has 0 unspecified atom stereocenters. The lowest BCUT2D eigenvalue weighted by molar-refractivity contribution is -0.137. The molecule has 3 aromatic rings. The SMILES string of the molecule is Nc1cc(Cl)c(C(F)(F)F)c(-c2ncc3c(N4CCNCC4)nc(OCC4(CN5CCOCC5)CC4)nc3c2CF)n1.